The summed E-state index contributed by atoms with van der Waals surface area (Å²) in [4.78, 5) is 12.1. The van der Waals surface area contributed by atoms with Gasteiger partial charge < -0.3 is 0 Å². The molecule has 0 aliphatic heterocycles. The highest BCUT2D eigenvalue weighted by Gasteiger charge is 2.58. The maximum absolute atomic E-state index is 12.1. The van der Waals surface area contributed by atoms with Gasteiger partial charge in [-0.05, 0) is 99.7 Å². The summed E-state index contributed by atoms with van der Waals surface area (Å²) < 4.78 is 36.0. The number of fused-ring (bicyclic) bond motifs is 5. The van der Waals surface area contributed by atoms with Crippen LogP contribution in [-0.4, -0.2) is 24.9 Å². The van der Waals surface area contributed by atoms with Crippen LogP contribution in [-0.2, 0) is 19.4 Å². The first-order valence-corrected chi connectivity index (χ1v) is 11.7. The van der Waals surface area contributed by atoms with Gasteiger partial charge in [0.25, 0.3) is 0 Å². The van der Waals surface area contributed by atoms with Gasteiger partial charge >= 0.3 is 10.4 Å². The van der Waals surface area contributed by atoms with Gasteiger partial charge in [0.05, 0.1) is 6.10 Å². The molecular formula is C20H32O5S. The molecule has 0 heterocycles. The Morgan fingerprint density at radius 2 is 1.65 bits per heavy atom. The van der Waals surface area contributed by atoms with Crippen molar-refractivity contribution in [2.75, 3.05) is 0 Å². The Labute approximate surface area is 157 Å². The third-order valence-electron chi connectivity index (χ3n) is 8.67. The van der Waals surface area contributed by atoms with Crippen molar-refractivity contribution in [3.05, 3.63) is 0 Å². The van der Waals surface area contributed by atoms with Crippen LogP contribution < -0.4 is 0 Å². The van der Waals surface area contributed by atoms with Crippen LogP contribution in [0.1, 0.15) is 71.6 Å². The van der Waals surface area contributed by atoms with Gasteiger partial charge in [-0.25, -0.2) is 4.18 Å². The molecule has 4 aliphatic rings. The molecular weight excluding hydrogens is 352 g/mol. The van der Waals surface area contributed by atoms with E-state index in [2.05, 4.69) is 6.92 Å². The van der Waals surface area contributed by atoms with Crippen LogP contribution in [0.5, 0.6) is 0 Å². The Balaban J connectivity index is 1.49. The lowest BCUT2D eigenvalue weighted by Gasteiger charge is -2.59. The highest BCUT2D eigenvalue weighted by molar-refractivity contribution is 7.80. The predicted octanol–water partition coefficient (Wildman–Crippen LogP) is 4.03. The van der Waals surface area contributed by atoms with Gasteiger partial charge in [0.15, 0.2) is 0 Å². The highest BCUT2D eigenvalue weighted by Crippen LogP contribution is 2.65. The molecule has 0 saturated heterocycles. The fourth-order valence-electron chi connectivity index (χ4n) is 7.71. The van der Waals surface area contributed by atoms with Crippen LogP contribution >= 0.6 is 0 Å². The van der Waals surface area contributed by atoms with Crippen molar-refractivity contribution in [3.8, 4) is 0 Å². The van der Waals surface area contributed by atoms with Gasteiger partial charge in [0, 0.05) is 5.92 Å². The molecule has 1 N–H and O–H groups in total. The van der Waals surface area contributed by atoms with Crippen LogP contribution in [0.2, 0.25) is 0 Å². The monoisotopic (exact) mass is 384 g/mol. The first-order chi connectivity index (χ1) is 12.2. The van der Waals surface area contributed by atoms with Crippen LogP contribution in [0.3, 0.4) is 0 Å². The second-order valence-electron chi connectivity index (χ2n) is 9.68. The molecule has 0 aromatic carbocycles. The molecule has 0 aromatic heterocycles. The molecule has 6 heteroatoms. The highest BCUT2D eigenvalue weighted by atomic mass is 32.3. The second-order valence-corrected chi connectivity index (χ2v) is 10.7. The molecule has 4 fully saturated rings. The molecule has 0 spiro atoms. The molecule has 5 nitrogen and oxygen atoms in total. The number of ketones is 1. The third-order valence-corrected chi connectivity index (χ3v) is 9.19. The number of hydrogen-bond acceptors (Lipinski definition) is 4. The van der Waals surface area contributed by atoms with E-state index in [1.165, 1.54) is 25.7 Å². The average Bonchev–Trinajstić information content (AvgIpc) is 2.98. The SMILES string of the molecule is CC(=O)C1CCC2C1CCC1C3CC[C@@H](OS(=O)(=O)O)C[C@@H]3CCC21C. The summed E-state index contributed by atoms with van der Waals surface area (Å²) in [5.41, 5.74) is 0.338. The quantitative estimate of drug-likeness (QED) is 0.743. The van der Waals surface area contributed by atoms with E-state index in [9.17, 15) is 13.2 Å². The number of carbonyl (C=O) groups excluding carboxylic acids is 1. The van der Waals surface area contributed by atoms with Crippen LogP contribution in [0.15, 0.2) is 0 Å². The Morgan fingerprint density at radius 1 is 1.00 bits per heavy atom. The van der Waals surface area contributed by atoms with Crippen molar-refractivity contribution in [2.24, 2.45) is 40.9 Å². The zero-order valence-electron chi connectivity index (χ0n) is 15.9. The number of carbonyl (C=O) groups is 1. The Hall–Kier alpha value is -0.460. The van der Waals surface area contributed by atoms with E-state index in [1.807, 2.05) is 0 Å². The second kappa shape index (κ2) is 6.56. The van der Waals surface area contributed by atoms with Crippen molar-refractivity contribution in [1.29, 1.82) is 0 Å². The van der Waals surface area contributed by atoms with E-state index in [0.29, 0.717) is 40.8 Å². The first-order valence-electron chi connectivity index (χ1n) is 10.3. The number of hydrogen-bond donors (Lipinski definition) is 1. The molecule has 4 rings (SSSR count). The van der Waals surface area contributed by atoms with E-state index in [4.69, 9.17) is 8.74 Å². The molecule has 0 amide bonds. The summed E-state index contributed by atoms with van der Waals surface area (Å²) in [5.74, 6) is 3.79. The Bertz CT molecular complexity index is 674. The maximum atomic E-state index is 12.1. The van der Waals surface area contributed by atoms with Crippen LogP contribution in [0.4, 0.5) is 0 Å². The summed E-state index contributed by atoms with van der Waals surface area (Å²) in [6.07, 6.45) is 9.09. The summed E-state index contributed by atoms with van der Waals surface area (Å²) in [6, 6.07) is 0. The zero-order valence-corrected chi connectivity index (χ0v) is 16.7. The molecule has 0 radical (unpaired) electrons. The van der Waals surface area contributed by atoms with Crippen molar-refractivity contribution in [3.63, 3.8) is 0 Å². The van der Waals surface area contributed by atoms with E-state index < -0.39 is 10.4 Å². The largest absolute Gasteiger partial charge is 0.397 e. The molecule has 8 atom stereocenters. The van der Waals surface area contributed by atoms with Gasteiger partial charge in [-0.1, -0.05) is 6.92 Å². The molecule has 0 aromatic rings. The van der Waals surface area contributed by atoms with Crippen molar-refractivity contribution < 1.29 is 21.9 Å². The van der Waals surface area contributed by atoms with E-state index in [0.717, 1.165) is 32.1 Å². The molecule has 0 bridgehead atoms. The van der Waals surface area contributed by atoms with E-state index >= 15 is 0 Å². The van der Waals surface area contributed by atoms with Gasteiger partial charge in [-0.2, -0.15) is 8.42 Å². The standard InChI is InChI=1S/C20H32O5S/c1-12(21)15-5-7-19-17(15)6-8-18-16-4-3-14(25-26(22,23)24)11-13(16)9-10-20(18,19)2/h13-19H,3-11H2,1-2H3,(H,22,23,24)/t13-,14+,15?,16?,17?,18?,19?,20?/m0/s1. The Kier molecular flexibility index (Phi) is 4.76. The van der Waals surface area contributed by atoms with Gasteiger partial charge in [0.1, 0.15) is 5.78 Å². The minimum Gasteiger partial charge on any atom is -0.300 e. The fourth-order valence-corrected chi connectivity index (χ4v) is 8.22. The van der Waals surface area contributed by atoms with Gasteiger partial charge in [-0.3, -0.25) is 9.35 Å². The lowest BCUT2D eigenvalue weighted by Crippen LogP contribution is -2.52. The topological polar surface area (TPSA) is 80.7 Å². The minimum absolute atomic E-state index is 0.286. The molecule has 6 unspecified atom stereocenters. The first kappa shape index (κ1) is 18.9. The lowest BCUT2D eigenvalue weighted by atomic mass is 9.46. The van der Waals surface area contributed by atoms with Crippen LogP contribution in [0.25, 0.3) is 0 Å². The molecule has 4 saturated carbocycles. The normalized spacial score (nSPS) is 48.3. The maximum Gasteiger partial charge on any atom is 0.397 e. The molecule has 26 heavy (non-hydrogen) atoms. The third kappa shape index (κ3) is 3.16. The minimum atomic E-state index is -4.35. The molecule has 4 aliphatic carbocycles. The fraction of sp³-hybridized carbons (Fsp3) is 0.950. The summed E-state index contributed by atoms with van der Waals surface area (Å²) >= 11 is 0. The number of rotatable bonds is 3. The smallest absolute Gasteiger partial charge is 0.300 e. The summed E-state index contributed by atoms with van der Waals surface area (Å²) in [6.45, 7) is 4.25. The van der Waals surface area contributed by atoms with Crippen molar-refractivity contribution >= 4 is 16.2 Å². The van der Waals surface area contributed by atoms with Gasteiger partial charge in [0.2, 0.25) is 0 Å². The van der Waals surface area contributed by atoms with E-state index in [-0.39, 0.29) is 12.0 Å². The average molecular weight is 385 g/mol. The van der Waals surface area contributed by atoms with Crippen molar-refractivity contribution in [1.82, 2.24) is 0 Å². The summed E-state index contributed by atoms with van der Waals surface area (Å²) in [5, 5.41) is 0. The van der Waals surface area contributed by atoms with E-state index in [1.54, 1.807) is 6.92 Å². The van der Waals surface area contributed by atoms with Crippen LogP contribution in [0, 0.1) is 40.9 Å². The predicted molar refractivity (Wildman–Crippen MR) is 97.7 cm³/mol. The lowest BCUT2D eigenvalue weighted by molar-refractivity contribution is -0.127. The van der Waals surface area contributed by atoms with Crippen molar-refractivity contribution in [2.45, 2.75) is 77.7 Å². The zero-order chi connectivity index (χ0) is 18.7. The summed E-state index contributed by atoms with van der Waals surface area (Å²) in [7, 11) is -4.35. The molecule has 148 valence electrons. The van der Waals surface area contributed by atoms with Gasteiger partial charge in [-0.15, -0.1) is 0 Å². The Morgan fingerprint density at radius 3 is 2.35 bits per heavy atom. The number of Topliss-reactive ketones (excluding diaryl/α,β-unsaturated/α-hetero) is 1.